The molecule has 1 unspecified atom stereocenters. The van der Waals surface area contributed by atoms with Crippen molar-refractivity contribution in [3.05, 3.63) is 87.6 Å². The van der Waals surface area contributed by atoms with Crippen molar-refractivity contribution in [1.82, 2.24) is 4.90 Å². The highest BCUT2D eigenvalue weighted by Crippen LogP contribution is 2.29. The van der Waals surface area contributed by atoms with Gasteiger partial charge in [-0.1, -0.05) is 23.8 Å². The van der Waals surface area contributed by atoms with Crippen LogP contribution >= 0.6 is 11.3 Å². The molecule has 1 aliphatic heterocycles. The zero-order valence-electron chi connectivity index (χ0n) is 18.2. The van der Waals surface area contributed by atoms with Crippen molar-refractivity contribution < 1.29 is 23.9 Å². The van der Waals surface area contributed by atoms with Gasteiger partial charge in [0.1, 0.15) is 6.04 Å². The van der Waals surface area contributed by atoms with Gasteiger partial charge in [0, 0.05) is 10.4 Å². The molecule has 8 heteroatoms. The molecule has 0 saturated carbocycles. The van der Waals surface area contributed by atoms with E-state index in [0.29, 0.717) is 16.8 Å². The summed E-state index contributed by atoms with van der Waals surface area (Å²) < 4.78 is 4.69. The van der Waals surface area contributed by atoms with Crippen molar-refractivity contribution >= 4 is 40.7 Å². The van der Waals surface area contributed by atoms with Crippen LogP contribution in [0.4, 0.5) is 5.69 Å². The number of thiophene rings is 1. The van der Waals surface area contributed by atoms with Gasteiger partial charge in [-0.2, -0.15) is 0 Å². The maximum absolute atomic E-state index is 13.4. The number of amides is 3. The Bertz CT molecular complexity index is 1190. The smallest absolute Gasteiger partial charge is 0.337 e. The third-order valence-corrected chi connectivity index (χ3v) is 6.37. The summed E-state index contributed by atoms with van der Waals surface area (Å²) in [6.07, 6.45) is -0.111. The van der Waals surface area contributed by atoms with Crippen molar-refractivity contribution in [3.63, 3.8) is 0 Å². The number of hydrogen-bond donors (Lipinski definition) is 0. The fraction of sp³-hybridized carbons (Fsp3) is 0.200. The third kappa shape index (κ3) is 4.56. The Hall–Kier alpha value is -3.78. The zero-order valence-corrected chi connectivity index (χ0v) is 19.0. The Kier molecular flexibility index (Phi) is 6.37. The summed E-state index contributed by atoms with van der Waals surface area (Å²) in [7, 11) is 1.28. The van der Waals surface area contributed by atoms with E-state index >= 15 is 0 Å². The van der Waals surface area contributed by atoms with E-state index in [4.69, 9.17) is 0 Å². The standard InChI is InChI=1S/C25H22N2O5S/c1-16-5-7-17(8-6-16)23(29)26(15-20-4-3-13-33-20)21-14-22(28)27(24(21)30)19-11-9-18(10-12-19)25(31)32-2/h3-13,21H,14-15H2,1-2H3. The molecule has 1 fully saturated rings. The van der Waals surface area contributed by atoms with E-state index in [1.54, 1.807) is 12.1 Å². The summed E-state index contributed by atoms with van der Waals surface area (Å²) in [4.78, 5) is 54.8. The summed E-state index contributed by atoms with van der Waals surface area (Å²) in [6, 6.07) is 16.0. The van der Waals surface area contributed by atoms with Gasteiger partial charge in [0.15, 0.2) is 0 Å². The van der Waals surface area contributed by atoms with Crippen LogP contribution in [-0.2, 0) is 20.9 Å². The van der Waals surface area contributed by atoms with Crippen molar-refractivity contribution in [2.75, 3.05) is 12.0 Å². The normalized spacial score (nSPS) is 15.6. The molecular weight excluding hydrogens is 440 g/mol. The summed E-state index contributed by atoms with van der Waals surface area (Å²) >= 11 is 1.48. The predicted octanol–water partition coefficient (Wildman–Crippen LogP) is 3.82. The third-order valence-electron chi connectivity index (χ3n) is 5.51. The van der Waals surface area contributed by atoms with Gasteiger partial charge in [-0.3, -0.25) is 14.4 Å². The van der Waals surface area contributed by atoms with Crippen LogP contribution in [0.1, 0.15) is 37.6 Å². The first-order valence-corrected chi connectivity index (χ1v) is 11.2. The molecule has 3 amide bonds. The second-order valence-electron chi connectivity index (χ2n) is 7.70. The van der Waals surface area contributed by atoms with Crippen LogP contribution in [0.3, 0.4) is 0 Å². The summed E-state index contributed by atoms with van der Waals surface area (Å²) in [5.41, 5.74) is 2.13. The first-order chi connectivity index (χ1) is 15.9. The summed E-state index contributed by atoms with van der Waals surface area (Å²) in [6.45, 7) is 2.16. The highest BCUT2D eigenvalue weighted by Gasteiger charge is 2.44. The minimum Gasteiger partial charge on any atom is -0.465 e. The number of rotatable bonds is 6. The summed E-state index contributed by atoms with van der Waals surface area (Å²) in [5.74, 6) is -1.69. The molecule has 1 atom stereocenters. The number of carbonyl (C=O) groups is 4. The molecule has 2 heterocycles. The second-order valence-corrected chi connectivity index (χ2v) is 8.74. The lowest BCUT2D eigenvalue weighted by Gasteiger charge is -2.27. The molecule has 2 aromatic carbocycles. The molecule has 1 saturated heterocycles. The number of carbonyl (C=O) groups excluding carboxylic acids is 4. The Morgan fingerprint density at radius 2 is 1.70 bits per heavy atom. The lowest BCUT2D eigenvalue weighted by molar-refractivity contribution is -0.122. The minimum atomic E-state index is -0.923. The maximum atomic E-state index is 13.4. The molecule has 0 spiro atoms. The largest absolute Gasteiger partial charge is 0.465 e. The van der Waals surface area contributed by atoms with E-state index < -0.39 is 23.8 Å². The Labute approximate surface area is 195 Å². The molecule has 0 radical (unpaired) electrons. The van der Waals surface area contributed by atoms with Crippen molar-refractivity contribution in [2.24, 2.45) is 0 Å². The van der Waals surface area contributed by atoms with Crippen LogP contribution in [0, 0.1) is 6.92 Å². The second kappa shape index (κ2) is 9.38. The van der Waals surface area contributed by atoms with Crippen LogP contribution in [-0.4, -0.2) is 41.7 Å². The van der Waals surface area contributed by atoms with Crippen LogP contribution in [0.2, 0.25) is 0 Å². The van der Waals surface area contributed by atoms with E-state index in [9.17, 15) is 19.2 Å². The Balaban J connectivity index is 1.64. The van der Waals surface area contributed by atoms with Crippen molar-refractivity contribution in [3.8, 4) is 0 Å². The minimum absolute atomic E-state index is 0.111. The average Bonchev–Trinajstić information content (AvgIpc) is 3.44. The number of nitrogens with zero attached hydrogens (tertiary/aromatic N) is 2. The van der Waals surface area contributed by atoms with Crippen molar-refractivity contribution in [1.29, 1.82) is 0 Å². The molecule has 33 heavy (non-hydrogen) atoms. The number of ether oxygens (including phenoxy) is 1. The first-order valence-electron chi connectivity index (χ1n) is 10.3. The van der Waals surface area contributed by atoms with Gasteiger partial charge in [0.05, 0.1) is 31.3 Å². The number of imide groups is 1. The number of esters is 1. The average molecular weight is 463 g/mol. The molecule has 7 nitrogen and oxygen atoms in total. The van der Waals surface area contributed by atoms with Crippen LogP contribution in [0.5, 0.6) is 0 Å². The zero-order chi connectivity index (χ0) is 23.5. The van der Waals surface area contributed by atoms with Crippen LogP contribution < -0.4 is 4.90 Å². The molecule has 4 rings (SSSR count). The molecule has 1 aromatic heterocycles. The van der Waals surface area contributed by atoms with Gasteiger partial charge < -0.3 is 9.64 Å². The molecule has 1 aliphatic rings. The topological polar surface area (TPSA) is 84.0 Å². The SMILES string of the molecule is COC(=O)c1ccc(N2C(=O)CC(N(Cc3cccs3)C(=O)c3ccc(C)cc3)C2=O)cc1. The van der Waals surface area contributed by atoms with Crippen molar-refractivity contribution in [2.45, 2.75) is 25.9 Å². The lowest BCUT2D eigenvalue weighted by atomic mass is 10.1. The number of anilines is 1. The highest BCUT2D eigenvalue weighted by atomic mass is 32.1. The van der Waals surface area contributed by atoms with Gasteiger partial charge >= 0.3 is 5.97 Å². The van der Waals surface area contributed by atoms with E-state index in [2.05, 4.69) is 4.74 Å². The molecule has 168 valence electrons. The van der Waals surface area contributed by atoms with Gasteiger partial charge in [-0.25, -0.2) is 9.69 Å². The molecule has 3 aromatic rings. The number of aryl methyl sites for hydroxylation is 1. The number of methoxy groups -OCH3 is 1. The number of benzene rings is 2. The monoisotopic (exact) mass is 462 g/mol. The molecular formula is C25H22N2O5S. The molecule has 0 bridgehead atoms. The molecule has 0 aliphatic carbocycles. The predicted molar refractivity (Wildman–Crippen MR) is 124 cm³/mol. The van der Waals surface area contributed by atoms with E-state index in [-0.39, 0.29) is 18.9 Å². The first kappa shape index (κ1) is 22.4. The molecule has 0 N–H and O–H groups in total. The number of hydrogen-bond acceptors (Lipinski definition) is 6. The van der Waals surface area contributed by atoms with Gasteiger partial charge in [-0.15, -0.1) is 11.3 Å². The quantitative estimate of drug-likeness (QED) is 0.411. The Morgan fingerprint density at radius 1 is 1.03 bits per heavy atom. The van der Waals surface area contributed by atoms with Gasteiger partial charge in [0.2, 0.25) is 5.91 Å². The fourth-order valence-corrected chi connectivity index (χ4v) is 4.45. The van der Waals surface area contributed by atoms with Crippen LogP contribution in [0.25, 0.3) is 0 Å². The van der Waals surface area contributed by atoms with Crippen LogP contribution in [0.15, 0.2) is 66.0 Å². The van der Waals surface area contributed by atoms with E-state index in [1.165, 1.54) is 47.6 Å². The van der Waals surface area contributed by atoms with Gasteiger partial charge in [-0.05, 0) is 54.8 Å². The van der Waals surface area contributed by atoms with E-state index in [0.717, 1.165) is 15.3 Å². The fourth-order valence-electron chi connectivity index (χ4n) is 3.75. The maximum Gasteiger partial charge on any atom is 0.337 e. The Morgan fingerprint density at radius 3 is 2.30 bits per heavy atom. The summed E-state index contributed by atoms with van der Waals surface area (Å²) in [5, 5.41) is 1.90. The van der Waals surface area contributed by atoms with Gasteiger partial charge in [0.25, 0.3) is 11.8 Å². The van der Waals surface area contributed by atoms with E-state index in [1.807, 2.05) is 36.6 Å². The highest BCUT2D eigenvalue weighted by molar-refractivity contribution is 7.09. The lowest BCUT2D eigenvalue weighted by Crippen LogP contribution is -2.45.